The van der Waals surface area contributed by atoms with E-state index in [0.29, 0.717) is 18.2 Å². The fraction of sp³-hybridized carbons (Fsp3) is 0.950. The van der Waals surface area contributed by atoms with Crippen LogP contribution in [0.5, 0.6) is 0 Å². The van der Waals surface area contributed by atoms with E-state index in [9.17, 15) is 0 Å². The molecule has 3 rings (SSSR count). The van der Waals surface area contributed by atoms with Crippen LogP contribution in [0.1, 0.15) is 44.9 Å². The molecule has 27 heavy (non-hydrogen) atoms. The van der Waals surface area contributed by atoms with Crippen molar-refractivity contribution in [3.63, 3.8) is 0 Å². The minimum absolute atomic E-state index is 0. The molecule has 1 N–H and O–H groups in total. The van der Waals surface area contributed by atoms with Gasteiger partial charge >= 0.3 is 0 Å². The fourth-order valence-electron chi connectivity index (χ4n) is 4.20. The Morgan fingerprint density at radius 2 is 1.93 bits per heavy atom. The molecule has 3 aliphatic rings. The topological polar surface area (TPSA) is 49.3 Å². The van der Waals surface area contributed by atoms with Crippen molar-refractivity contribution in [3.8, 4) is 0 Å². The lowest BCUT2D eigenvalue weighted by molar-refractivity contribution is -0.0721. The molecule has 1 saturated carbocycles. The monoisotopic (exact) mass is 494 g/mol. The predicted molar refractivity (Wildman–Crippen MR) is 121 cm³/mol. The molecule has 0 bridgehead atoms. The molecule has 0 spiro atoms. The van der Waals surface area contributed by atoms with E-state index in [1.165, 1.54) is 25.7 Å². The summed E-state index contributed by atoms with van der Waals surface area (Å²) in [5, 5.41) is 3.61. The van der Waals surface area contributed by atoms with Gasteiger partial charge in [0.25, 0.3) is 0 Å². The summed E-state index contributed by atoms with van der Waals surface area (Å²) in [6.07, 6.45) is 9.23. The van der Waals surface area contributed by atoms with Crippen LogP contribution >= 0.6 is 24.0 Å². The highest BCUT2D eigenvalue weighted by atomic mass is 127. The summed E-state index contributed by atoms with van der Waals surface area (Å²) in [4.78, 5) is 9.26. The largest absolute Gasteiger partial charge is 0.376 e. The average Bonchev–Trinajstić information content (AvgIpc) is 3.50. The van der Waals surface area contributed by atoms with Crippen LogP contribution in [0.25, 0.3) is 0 Å². The van der Waals surface area contributed by atoms with Crippen LogP contribution in [-0.4, -0.2) is 88.0 Å². The summed E-state index contributed by atoms with van der Waals surface area (Å²) in [6.45, 7) is 4.70. The first-order valence-electron chi connectivity index (χ1n) is 10.5. The molecular formula is C20H39IN4O2. The minimum atomic E-state index is 0. The second-order valence-electron chi connectivity index (χ2n) is 8.30. The van der Waals surface area contributed by atoms with Gasteiger partial charge in [0, 0.05) is 39.3 Å². The molecule has 2 heterocycles. The normalized spacial score (nSPS) is 26.0. The van der Waals surface area contributed by atoms with Crippen LogP contribution in [0.4, 0.5) is 0 Å². The third-order valence-electron chi connectivity index (χ3n) is 6.04. The van der Waals surface area contributed by atoms with Crippen LogP contribution in [0.3, 0.4) is 0 Å². The maximum atomic E-state index is 6.13. The van der Waals surface area contributed by atoms with Gasteiger partial charge in [-0.3, -0.25) is 4.99 Å². The van der Waals surface area contributed by atoms with E-state index in [2.05, 4.69) is 34.2 Å². The van der Waals surface area contributed by atoms with Gasteiger partial charge in [0.15, 0.2) is 5.96 Å². The second-order valence-corrected chi connectivity index (χ2v) is 8.30. The number of rotatable bonds is 7. The smallest absolute Gasteiger partial charge is 0.193 e. The summed E-state index contributed by atoms with van der Waals surface area (Å²) in [5.41, 5.74) is 0. The van der Waals surface area contributed by atoms with Gasteiger partial charge in [-0.2, -0.15) is 0 Å². The predicted octanol–water partition coefficient (Wildman–Crippen LogP) is 2.57. The number of nitrogens with one attached hydrogen (secondary N) is 1. The van der Waals surface area contributed by atoms with Crippen molar-refractivity contribution in [1.29, 1.82) is 0 Å². The number of hydrogen-bond donors (Lipinski definition) is 1. The summed E-state index contributed by atoms with van der Waals surface area (Å²) < 4.78 is 11.9. The maximum Gasteiger partial charge on any atom is 0.193 e. The summed E-state index contributed by atoms with van der Waals surface area (Å²) in [7, 11) is 6.27. The van der Waals surface area contributed by atoms with Crippen LogP contribution in [-0.2, 0) is 9.47 Å². The molecule has 6 nitrogen and oxygen atoms in total. The Hall–Kier alpha value is -0.120. The van der Waals surface area contributed by atoms with Crippen molar-refractivity contribution >= 4 is 29.9 Å². The molecule has 0 radical (unpaired) electrons. The van der Waals surface area contributed by atoms with Gasteiger partial charge in [-0.1, -0.05) is 0 Å². The van der Waals surface area contributed by atoms with Crippen molar-refractivity contribution in [1.82, 2.24) is 15.1 Å². The quantitative estimate of drug-likeness (QED) is 0.335. The number of likely N-dealkylation sites (tertiary alicyclic amines) is 1. The molecule has 2 atom stereocenters. The van der Waals surface area contributed by atoms with E-state index < -0.39 is 0 Å². The van der Waals surface area contributed by atoms with Crippen LogP contribution in [0.2, 0.25) is 0 Å². The number of aliphatic imine (C=N–C) groups is 1. The van der Waals surface area contributed by atoms with Gasteiger partial charge in [0.2, 0.25) is 0 Å². The van der Waals surface area contributed by atoms with Crippen LogP contribution in [0.15, 0.2) is 4.99 Å². The Balaban J connectivity index is 0.00000261. The highest BCUT2D eigenvalue weighted by Crippen LogP contribution is 2.34. The zero-order valence-electron chi connectivity index (χ0n) is 17.4. The molecule has 0 aromatic heterocycles. The highest BCUT2D eigenvalue weighted by molar-refractivity contribution is 14.0. The molecule has 2 aliphatic heterocycles. The molecule has 0 amide bonds. The zero-order valence-corrected chi connectivity index (χ0v) is 19.7. The Labute approximate surface area is 182 Å². The Bertz CT molecular complexity index is 443. The van der Waals surface area contributed by atoms with Gasteiger partial charge in [-0.15, -0.1) is 24.0 Å². The number of hydrogen-bond acceptors (Lipinski definition) is 4. The molecular weight excluding hydrogens is 455 g/mol. The highest BCUT2D eigenvalue weighted by Gasteiger charge is 2.33. The summed E-state index contributed by atoms with van der Waals surface area (Å²) >= 11 is 0. The Kier molecular flexibility index (Phi) is 10.1. The molecule has 0 aromatic rings. The fourth-order valence-corrected chi connectivity index (χ4v) is 4.20. The van der Waals surface area contributed by atoms with Gasteiger partial charge in [0.1, 0.15) is 0 Å². The average molecular weight is 494 g/mol. The van der Waals surface area contributed by atoms with Crippen molar-refractivity contribution in [2.75, 3.05) is 54.0 Å². The number of nitrogens with zero attached hydrogens (tertiary/aromatic N) is 3. The lowest BCUT2D eigenvalue weighted by Gasteiger charge is -2.36. The lowest BCUT2D eigenvalue weighted by Crippen LogP contribution is -2.50. The maximum absolute atomic E-state index is 6.13. The Morgan fingerprint density at radius 1 is 1.19 bits per heavy atom. The van der Waals surface area contributed by atoms with Crippen molar-refractivity contribution in [2.45, 2.75) is 63.2 Å². The standard InChI is InChI=1S/C20H38N4O2.HI/c1-21-20(22-14-19(23(2)3)16-7-8-16)24-11-9-17(10-12-24)26-15-18-6-4-5-13-25-18;/h16-19H,4-15H2,1-3H3,(H,21,22);1H. The minimum Gasteiger partial charge on any atom is -0.376 e. The molecule has 2 unspecified atom stereocenters. The number of likely N-dealkylation sites (N-methyl/N-ethyl adjacent to an activating group) is 1. The molecule has 7 heteroatoms. The first kappa shape index (κ1) is 23.2. The SMILES string of the molecule is CN=C(NCC(C1CC1)N(C)C)N1CCC(OCC2CCCCO2)CC1.I. The molecule has 2 saturated heterocycles. The molecule has 158 valence electrons. The van der Waals surface area contributed by atoms with Gasteiger partial charge < -0.3 is 24.6 Å². The van der Waals surface area contributed by atoms with Crippen molar-refractivity contribution in [3.05, 3.63) is 0 Å². The first-order valence-corrected chi connectivity index (χ1v) is 10.5. The zero-order chi connectivity index (χ0) is 18.4. The second kappa shape index (κ2) is 11.8. The van der Waals surface area contributed by atoms with E-state index in [4.69, 9.17) is 9.47 Å². The third kappa shape index (κ3) is 7.33. The van der Waals surface area contributed by atoms with E-state index in [0.717, 1.165) is 64.0 Å². The first-order chi connectivity index (χ1) is 12.7. The van der Waals surface area contributed by atoms with Crippen LogP contribution < -0.4 is 5.32 Å². The van der Waals surface area contributed by atoms with Crippen LogP contribution in [0, 0.1) is 5.92 Å². The lowest BCUT2D eigenvalue weighted by atomic mass is 10.1. The summed E-state index contributed by atoms with van der Waals surface area (Å²) in [6, 6.07) is 0.614. The van der Waals surface area contributed by atoms with Gasteiger partial charge in [-0.05, 0) is 65.0 Å². The van der Waals surface area contributed by atoms with E-state index in [1.54, 1.807) is 0 Å². The summed E-state index contributed by atoms with van der Waals surface area (Å²) in [5.74, 6) is 1.91. The van der Waals surface area contributed by atoms with E-state index >= 15 is 0 Å². The number of piperidine rings is 1. The third-order valence-corrected chi connectivity index (χ3v) is 6.04. The van der Waals surface area contributed by atoms with Gasteiger partial charge in [0.05, 0.1) is 18.8 Å². The number of halogens is 1. The number of guanidine groups is 1. The van der Waals surface area contributed by atoms with Crippen molar-refractivity contribution < 1.29 is 9.47 Å². The molecule has 3 fully saturated rings. The number of ether oxygens (including phenoxy) is 2. The van der Waals surface area contributed by atoms with Gasteiger partial charge in [-0.25, -0.2) is 0 Å². The Morgan fingerprint density at radius 3 is 2.48 bits per heavy atom. The van der Waals surface area contributed by atoms with E-state index in [-0.39, 0.29) is 24.0 Å². The molecule has 0 aromatic carbocycles. The van der Waals surface area contributed by atoms with Crippen molar-refractivity contribution in [2.24, 2.45) is 10.9 Å². The van der Waals surface area contributed by atoms with E-state index in [1.807, 2.05) is 7.05 Å². The molecule has 1 aliphatic carbocycles.